The number of benzene rings is 1. The van der Waals surface area contributed by atoms with Crippen LogP contribution >= 0.6 is 0 Å². The Morgan fingerprint density at radius 1 is 1.44 bits per heavy atom. The molecule has 0 aliphatic rings. The van der Waals surface area contributed by atoms with E-state index in [0.717, 1.165) is 10.9 Å². The van der Waals surface area contributed by atoms with Gasteiger partial charge in [0.05, 0.1) is 6.42 Å². The van der Waals surface area contributed by atoms with Crippen LogP contribution in [0.2, 0.25) is 0 Å². The monoisotopic (exact) mass is 219 g/mol. The fourth-order valence-electron chi connectivity index (χ4n) is 1.90. The Balaban J connectivity index is 2.45. The SMILES string of the molecule is Cn1c([C@H](O)CC(=O)O)cc2ccccc21. The van der Waals surface area contributed by atoms with Crippen molar-refractivity contribution in [1.29, 1.82) is 0 Å². The van der Waals surface area contributed by atoms with Crippen molar-refractivity contribution in [3.05, 3.63) is 36.0 Å². The molecule has 1 aromatic heterocycles. The molecule has 2 aromatic rings. The summed E-state index contributed by atoms with van der Waals surface area (Å²) < 4.78 is 1.82. The van der Waals surface area contributed by atoms with Crippen LogP contribution in [0.15, 0.2) is 30.3 Å². The average molecular weight is 219 g/mol. The number of aromatic nitrogens is 1. The van der Waals surface area contributed by atoms with Gasteiger partial charge < -0.3 is 14.8 Å². The minimum absolute atomic E-state index is 0.274. The summed E-state index contributed by atoms with van der Waals surface area (Å²) in [5.74, 6) is -1.00. The first-order valence-electron chi connectivity index (χ1n) is 5.04. The zero-order valence-corrected chi connectivity index (χ0v) is 8.92. The highest BCUT2D eigenvalue weighted by Gasteiger charge is 2.16. The number of hydrogen-bond acceptors (Lipinski definition) is 2. The van der Waals surface area contributed by atoms with E-state index in [9.17, 15) is 9.90 Å². The van der Waals surface area contributed by atoms with Gasteiger partial charge in [0, 0.05) is 18.3 Å². The van der Waals surface area contributed by atoms with Crippen LogP contribution in [0, 0.1) is 0 Å². The van der Waals surface area contributed by atoms with Crippen molar-refractivity contribution in [2.24, 2.45) is 7.05 Å². The summed E-state index contributed by atoms with van der Waals surface area (Å²) >= 11 is 0. The van der Waals surface area contributed by atoms with Crippen LogP contribution < -0.4 is 0 Å². The summed E-state index contributed by atoms with van der Waals surface area (Å²) in [6.45, 7) is 0. The molecular weight excluding hydrogens is 206 g/mol. The smallest absolute Gasteiger partial charge is 0.306 e. The third-order valence-electron chi connectivity index (χ3n) is 2.70. The molecule has 84 valence electrons. The largest absolute Gasteiger partial charge is 0.481 e. The summed E-state index contributed by atoms with van der Waals surface area (Å²) in [6, 6.07) is 9.52. The van der Waals surface area contributed by atoms with Crippen LogP contribution in [0.5, 0.6) is 0 Å². The molecule has 1 aromatic carbocycles. The van der Waals surface area contributed by atoms with Gasteiger partial charge >= 0.3 is 5.97 Å². The van der Waals surface area contributed by atoms with Gasteiger partial charge in [0.2, 0.25) is 0 Å². The number of carboxylic acid groups (broad SMARTS) is 1. The first-order chi connectivity index (χ1) is 7.59. The average Bonchev–Trinajstić information content (AvgIpc) is 2.56. The number of aliphatic hydroxyl groups excluding tert-OH is 1. The molecule has 0 bridgehead atoms. The summed E-state index contributed by atoms with van der Waals surface area (Å²) in [5, 5.41) is 19.4. The second-order valence-corrected chi connectivity index (χ2v) is 3.80. The van der Waals surface area contributed by atoms with Gasteiger partial charge in [-0.1, -0.05) is 18.2 Å². The first kappa shape index (κ1) is 10.7. The zero-order valence-electron chi connectivity index (χ0n) is 8.92. The molecule has 0 aliphatic carbocycles. The molecule has 2 rings (SSSR count). The Morgan fingerprint density at radius 2 is 2.12 bits per heavy atom. The molecule has 0 saturated carbocycles. The van der Waals surface area contributed by atoms with Crippen LogP contribution in [0.3, 0.4) is 0 Å². The number of rotatable bonds is 3. The predicted octanol–water partition coefficient (Wildman–Crippen LogP) is 1.69. The summed E-state index contributed by atoms with van der Waals surface area (Å²) in [6.07, 6.45) is -1.24. The van der Waals surface area contributed by atoms with Crippen molar-refractivity contribution in [1.82, 2.24) is 4.57 Å². The van der Waals surface area contributed by atoms with Crippen molar-refractivity contribution in [3.63, 3.8) is 0 Å². The second kappa shape index (κ2) is 3.98. The summed E-state index contributed by atoms with van der Waals surface area (Å²) in [7, 11) is 1.82. The number of aryl methyl sites for hydroxylation is 1. The molecule has 4 heteroatoms. The number of aliphatic hydroxyl groups is 1. The molecule has 1 atom stereocenters. The maximum atomic E-state index is 10.5. The number of carbonyl (C=O) groups is 1. The van der Waals surface area contributed by atoms with E-state index in [-0.39, 0.29) is 6.42 Å². The normalized spacial score (nSPS) is 12.9. The fraction of sp³-hybridized carbons (Fsp3) is 0.250. The van der Waals surface area contributed by atoms with Gasteiger partial charge in [-0.15, -0.1) is 0 Å². The van der Waals surface area contributed by atoms with Crippen molar-refractivity contribution in [2.75, 3.05) is 0 Å². The Morgan fingerprint density at radius 3 is 2.75 bits per heavy atom. The quantitative estimate of drug-likeness (QED) is 0.825. The minimum atomic E-state index is -1.00. The topological polar surface area (TPSA) is 62.5 Å². The Bertz CT molecular complexity index is 530. The second-order valence-electron chi connectivity index (χ2n) is 3.80. The lowest BCUT2D eigenvalue weighted by atomic mass is 10.2. The number of hydrogen-bond donors (Lipinski definition) is 2. The van der Waals surface area contributed by atoms with Crippen molar-refractivity contribution >= 4 is 16.9 Å². The van der Waals surface area contributed by atoms with Gasteiger partial charge in [0.1, 0.15) is 6.10 Å². The lowest BCUT2D eigenvalue weighted by molar-refractivity contribution is -0.139. The van der Waals surface area contributed by atoms with Crippen molar-refractivity contribution in [2.45, 2.75) is 12.5 Å². The van der Waals surface area contributed by atoms with E-state index in [4.69, 9.17) is 5.11 Å². The fourth-order valence-corrected chi connectivity index (χ4v) is 1.90. The summed E-state index contributed by atoms with van der Waals surface area (Å²) in [4.78, 5) is 10.5. The third-order valence-corrected chi connectivity index (χ3v) is 2.70. The van der Waals surface area contributed by atoms with Crippen LogP contribution in [-0.2, 0) is 11.8 Å². The lowest BCUT2D eigenvalue weighted by Gasteiger charge is -2.09. The van der Waals surface area contributed by atoms with Gasteiger partial charge in [0.25, 0.3) is 0 Å². The number of nitrogens with zero attached hydrogens (tertiary/aromatic N) is 1. The van der Waals surface area contributed by atoms with Gasteiger partial charge in [-0.05, 0) is 17.5 Å². The molecule has 2 N–H and O–H groups in total. The molecule has 0 aliphatic heterocycles. The molecule has 0 radical (unpaired) electrons. The number of fused-ring (bicyclic) bond motifs is 1. The van der Waals surface area contributed by atoms with E-state index >= 15 is 0 Å². The van der Waals surface area contributed by atoms with Crippen molar-refractivity contribution in [3.8, 4) is 0 Å². The maximum Gasteiger partial charge on any atom is 0.306 e. The van der Waals surface area contributed by atoms with E-state index in [1.54, 1.807) is 0 Å². The highest BCUT2D eigenvalue weighted by atomic mass is 16.4. The minimum Gasteiger partial charge on any atom is -0.481 e. The van der Waals surface area contributed by atoms with Gasteiger partial charge in [0.15, 0.2) is 0 Å². The highest BCUT2D eigenvalue weighted by Crippen LogP contribution is 2.24. The lowest BCUT2D eigenvalue weighted by Crippen LogP contribution is -2.09. The Hall–Kier alpha value is -1.81. The maximum absolute atomic E-state index is 10.5. The van der Waals surface area contributed by atoms with Gasteiger partial charge in [-0.2, -0.15) is 0 Å². The van der Waals surface area contributed by atoms with Crippen LogP contribution in [0.25, 0.3) is 10.9 Å². The molecule has 0 unspecified atom stereocenters. The van der Waals surface area contributed by atoms with E-state index in [2.05, 4.69) is 0 Å². The molecule has 16 heavy (non-hydrogen) atoms. The molecule has 0 spiro atoms. The molecule has 1 heterocycles. The van der Waals surface area contributed by atoms with Crippen LogP contribution in [0.4, 0.5) is 0 Å². The van der Waals surface area contributed by atoms with Gasteiger partial charge in [-0.25, -0.2) is 0 Å². The summed E-state index contributed by atoms with van der Waals surface area (Å²) in [5.41, 5.74) is 1.62. The number of aliphatic carboxylic acids is 1. The third kappa shape index (κ3) is 1.79. The standard InChI is InChI=1S/C12H13NO3/c1-13-9-5-3-2-4-8(9)6-10(13)11(14)7-12(15)16/h2-6,11,14H,7H2,1H3,(H,15,16)/t11-/m1/s1. The molecule has 0 fully saturated rings. The predicted molar refractivity (Wildman–Crippen MR) is 60.1 cm³/mol. The molecule has 0 amide bonds. The number of carboxylic acids is 1. The highest BCUT2D eigenvalue weighted by molar-refractivity contribution is 5.81. The molecular formula is C12H13NO3. The first-order valence-corrected chi connectivity index (χ1v) is 5.04. The van der Waals surface area contributed by atoms with E-state index in [1.165, 1.54) is 0 Å². The Labute approximate surface area is 92.7 Å². The molecule has 0 saturated heterocycles. The van der Waals surface area contributed by atoms with E-state index < -0.39 is 12.1 Å². The number of para-hydroxylation sites is 1. The van der Waals surface area contributed by atoms with Crippen LogP contribution in [0.1, 0.15) is 18.2 Å². The zero-order chi connectivity index (χ0) is 11.7. The van der Waals surface area contributed by atoms with Crippen molar-refractivity contribution < 1.29 is 15.0 Å². The van der Waals surface area contributed by atoms with E-state index in [1.807, 2.05) is 41.9 Å². The van der Waals surface area contributed by atoms with Gasteiger partial charge in [-0.3, -0.25) is 4.79 Å². The van der Waals surface area contributed by atoms with Crippen LogP contribution in [-0.4, -0.2) is 20.7 Å². The Kier molecular flexibility index (Phi) is 2.66. The van der Waals surface area contributed by atoms with E-state index in [0.29, 0.717) is 5.69 Å². The molecule has 4 nitrogen and oxygen atoms in total.